The molecule has 2 rings (SSSR count). The molecule has 0 bridgehead atoms. The van der Waals surface area contributed by atoms with Crippen molar-refractivity contribution in [3.05, 3.63) is 61.9 Å². The van der Waals surface area contributed by atoms with Crippen molar-refractivity contribution in [2.45, 2.75) is 13.8 Å². The Bertz CT molecular complexity index is 767. The zero-order valence-corrected chi connectivity index (χ0v) is 11.5. The van der Waals surface area contributed by atoms with Crippen molar-refractivity contribution in [3.8, 4) is 0 Å². The molecule has 0 saturated carbocycles. The van der Waals surface area contributed by atoms with Crippen LogP contribution in [0.2, 0.25) is 0 Å². The number of hydrogen-bond acceptors (Lipinski definition) is 3. The third-order valence-corrected chi connectivity index (χ3v) is 3.14. The molecule has 0 unspecified atom stereocenters. The smallest absolute Gasteiger partial charge is 0.321 e. The number of anilines is 1. The maximum absolute atomic E-state index is 12.2. The van der Waals surface area contributed by atoms with Crippen molar-refractivity contribution < 1.29 is 4.79 Å². The number of aromatic amines is 1. The van der Waals surface area contributed by atoms with Crippen LogP contribution in [0.3, 0.4) is 0 Å². The molecule has 0 aliphatic carbocycles. The summed E-state index contributed by atoms with van der Waals surface area (Å²) < 4.78 is 0.861. The van der Waals surface area contributed by atoms with Crippen LogP contribution in [0.5, 0.6) is 0 Å². The van der Waals surface area contributed by atoms with Gasteiger partial charge in [-0.25, -0.2) is 4.79 Å². The van der Waals surface area contributed by atoms with Crippen molar-refractivity contribution in [1.82, 2.24) is 9.55 Å². The van der Waals surface area contributed by atoms with Crippen LogP contribution in [0.15, 0.2) is 34.0 Å². The van der Waals surface area contributed by atoms with Gasteiger partial charge in [-0.3, -0.25) is 14.2 Å². The van der Waals surface area contributed by atoms with E-state index in [1.807, 2.05) is 32.0 Å². The van der Waals surface area contributed by atoms with Gasteiger partial charge in [-0.15, -0.1) is 0 Å². The number of aromatic nitrogens is 2. The summed E-state index contributed by atoms with van der Waals surface area (Å²) in [5.41, 5.74) is 1.19. The second-order valence-corrected chi connectivity index (χ2v) is 4.59. The van der Waals surface area contributed by atoms with E-state index in [4.69, 9.17) is 0 Å². The molecule has 1 aromatic carbocycles. The Morgan fingerprint density at radius 2 is 1.80 bits per heavy atom. The van der Waals surface area contributed by atoms with E-state index in [1.165, 1.54) is 7.05 Å². The van der Waals surface area contributed by atoms with Gasteiger partial charge in [-0.1, -0.05) is 18.2 Å². The van der Waals surface area contributed by atoms with Crippen molar-refractivity contribution >= 4 is 11.6 Å². The Hall–Kier alpha value is -2.63. The number of amides is 1. The zero-order chi connectivity index (χ0) is 14.9. The maximum Gasteiger partial charge on any atom is 0.328 e. The Morgan fingerprint density at radius 1 is 1.20 bits per heavy atom. The lowest BCUT2D eigenvalue weighted by Gasteiger charge is -2.11. The fourth-order valence-electron chi connectivity index (χ4n) is 1.92. The number of carbonyl (C=O) groups is 1. The second-order valence-electron chi connectivity index (χ2n) is 4.59. The van der Waals surface area contributed by atoms with Crippen molar-refractivity contribution in [3.63, 3.8) is 0 Å². The van der Waals surface area contributed by atoms with E-state index in [0.717, 1.165) is 21.9 Å². The Labute approximate surface area is 115 Å². The lowest BCUT2D eigenvalue weighted by Crippen LogP contribution is -2.37. The third-order valence-electron chi connectivity index (χ3n) is 3.14. The van der Waals surface area contributed by atoms with Crippen LogP contribution < -0.4 is 16.6 Å². The highest BCUT2D eigenvalue weighted by Gasteiger charge is 2.14. The summed E-state index contributed by atoms with van der Waals surface area (Å²) in [6, 6.07) is 5.63. The molecule has 104 valence electrons. The maximum atomic E-state index is 12.2. The monoisotopic (exact) mass is 273 g/mol. The molecule has 0 saturated heterocycles. The summed E-state index contributed by atoms with van der Waals surface area (Å²) in [5.74, 6) is -0.542. The number of H-pyrrole nitrogens is 1. The van der Waals surface area contributed by atoms with Gasteiger partial charge in [0.2, 0.25) is 0 Å². The van der Waals surface area contributed by atoms with Gasteiger partial charge in [-0.2, -0.15) is 0 Å². The molecule has 0 spiro atoms. The van der Waals surface area contributed by atoms with E-state index in [2.05, 4.69) is 10.3 Å². The van der Waals surface area contributed by atoms with Crippen LogP contribution in [-0.4, -0.2) is 15.5 Å². The number of aryl methyl sites for hydroxylation is 2. The summed E-state index contributed by atoms with van der Waals surface area (Å²) in [4.78, 5) is 37.6. The molecule has 0 aliphatic rings. The summed E-state index contributed by atoms with van der Waals surface area (Å²) in [5, 5.41) is 2.71. The van der Waals surface area contributed by atoms with E-state index in [0.29, 0.717) is 5.69 Å². The molecule has 0 fully saturated rings. The number of benzene rings is 1. The molecule has 1 amide bonds. The van der Waals surface area contributed by atoms with E-state index >= 15 is 0 Å². The van der Waals surface area contributed by atoms with Crippen LogP contribution in [0.25, 0.3) is 0 Å². The molecule has 0 radical (unpaired) electrons. The van der Waals surface area contributed by atoms with Gasteiger partial charge < -0.3 is 10.3 Å². The van der Waals surface area contributed by atoms with Crippen molar-refractivity contribution in [2.24, 2.45) is 7.05 Å². The minimum Gasteiger partial charge on any atom is -0.321 e. The molecule has 6 nitrogen and oxygen atoms in total. The lowest BCUT2D eigenvalue weighted by atomic mass is 10.1. The first kappa shape index (κ1) is 13.8. The first-order chi connectivity index (χ1) is 9.41. The first-order valence-corrected chi connectivity index (χ1v) is 6.08. The third kappa shape index (κ3) is 2.40. The Kier molecular flexibility index (Phi) is 3.56. The molecular weight excluding hydrogens is 258 g/mol. The minimum atomic E-state index is -0.627. The SMILES string of the molecule is Cc1cccc(C)c1NC(=O)c1c[nH]c(=O)n(C)c1=O. The standard InChI is InChI=1S/C14H15N3O3/c1-8-5-4-6-9(2)11(8)16-12(18)10-7-15-14(20)17(3)13(10)19/h4-7H,1-3H3,(H,15,20)(H,16,18). The van der Waals surface area contributed by atoms with Crippen LogP contribution in [0, 0.1) is 13.8 Å². The fourth-order valence-corrected chi connectivity index (χ4v) is 1.92. The molecular formula is C14H15N3O3. The Morgan fingerprint density at radius 3 is 2.40 bits per heavy atom. The number of nitrogens with one attached hydrogen (secondary N) is 2. The van der Waals surface area contributed by atoms with Gasteiger partial charge in [0.1, 0.15) is 5.56 Å². The van der Waals surface area contributed by atoms with Gasteiger partial charge >= 0.3 is 5.69 Å². The topological polar surface area (TPSA) is 84.0 Å². The predicted molar refractivity (Wildman–Crippen MR) is 76.2 cm³/mol. The zero-order valence-electron chi connectivity index (χ0n) is 11.5. The van der Waals surface area contributed by atoms with Gasteiger partial charge in [-0.05, 0) is 25.0 Å². The minimum absolute atomic E-state index is 0.102. The number of rotatable bonds is 2. The van der Waals surface area contributed by atoms with Crippen molar-refractivity contribution in [1.29, 1.82) is 0 Å². The highest BCUT2D eigenvalue weighted by atomic mass is 16.2. The van der Waals surface area contributed by atoms with E-state index < -0.39 is 17.2 Å². The van der Waals surface area contributed by atoms with Gasteiger partial charge in [0.15, 0.2) is 0 Å². The first-order valence-electron chi connectivity index (χ1n) is 6.08. The average Bonchev–Trinajstić information content (AvgIpc) is 2.40. The number of hydrogen-bond donors (Lipinski definition) is 2. The molecule has 6 heteroatoms. The fraction of sp³-hybridized carbons (Fsp3) is 0.214. The summed E-state index contributed by atoms with van der Waals surface area (Å²) in [6.07, 6.45) is 1.13. The molecule has 2 N–H and O–H groups in total. The molecule has 0 aliphatic heterocycles. The van der Waals surface area contributed by atoms with Gasteiger partial charge in [0.25, 0.3) is 11.5 Å². The van der Waals surface area contributed by atoms with Gasteiger partial charge in [0, 0.05) is 18.9 Å². The van der Waals surface area contributed by atoms with E-state index in [9.17, 15) is 14.4 Å². The number of nitrogens with zero attached hydrogens (tertiary/aromatic N) is 1. The van der Waals surface area contributed by atoms with E-state index in [1.54, 1.807) is 0 Å². The molecule has 1 aromatic heterocycles. The molecule has 0 atom stereocenters. The van der Waals surface area contributed by atoms with Crippen LogP contribution >= 0.6 is 0 Å². The second kappa shape index (κ2) is 5.16. The molecule has 20 heavy (non-hydrogen) atoms. The lowest BCUT2D eigenvalue weighted by molar-refractivity contribution is 0.102. The van der Waals surface area contributed by atoms with Crippen molar-refractivity contribution in [2.75, 3.05) is 5.32 Å². The summed E-state index contributed by atoms with van der Waals surface area (Å²) in [7, 11) is 1.32. The van der Waals surface area contributed by atoms with Crippen LogP contribution in [0.1, 0.15) is 21.5 Å². The van der Waals surface area contributed by atoms with Gasteiger partial charge in [0.05, 0.1) is 0 Å². The largest absolute Gasteiger partial charge is 0.328 e. The number of carbonyl (C=O) groups excluding carboxylic acids is 1. The molecule has 1 heterocycles. The highest BCUT2D eigenvalue weighted by Crippen LogP contribution is 2.19. The molecule has 2 aromatic rings. The van der Waals surface area contributed by atoms with E-state index in [-0.39, 0.29) is 5.56 Å². The normalized spacial score (nSPS) is 10.3. The van der Waals surface area contributed by atoms with Crippen LogP contribution in [-0.2, 0) is 7.05 Å². The predicted octanol–water partition coefficient (Wildman–Crippen LogP) is 0.943. The quantitative estimate of drug-likeness (QED) is 0.854. The summed E-state index contributed by atoms with van der Waals surface area (Å²) in [6.45, 7) is 3.74. The van der Waals surface area contributed by atoms with Crippen LogP contribution in [0.4, 0.5) is 5.69 Å². The number of para-hydroxylation sites is 1. The summed E-state index contributed by atoms with van der Waals surface area (Å²) >= 11 is 0. The Balaban J connectivity index is 2.42. The average molecular weight is 273 g/mol. The highest BCUT2D eigenvalue weighted by molar-refractivity contribution is 6.04.